The van der Waals surface area contributed by atoms with E-state index >= 15 is 0 Å². The number of hydrogen-bond acceptors (Lipinski definition) is 4. The fraction of sp³-hybridized carbons (Fsp3) is 0.500. The average Bonchev–Trinajstić information content (AvgIpc) is 2.49. The second-order valence-electron chi connectivity index (χ2n) is 5.42. The molecule has 0 aliphatic carbocycles. The number of anilines is 2. The van der Waals surface area contributed by atoms with Crippen molar-refractivity contribution in [2.45, 2.75) is 33.1 Å². The zero-order chi connectivity index (χ0) is 18.2. The van der Waals surface area contributed by atoms with Gasteiger partial charge in [-0.3, -0.25) is 14.3 Å². The van der Waals surface area contributed by atoms with E-state index in [9.17, 15) is 18.0 Å². The van der Waals surface area contributed by atoms with E-state index in [0.29, 0.717) is 37.3 Å². The Bertz CT molecular complexity index is 652. The Labute approximate surface area is 143 Å². The van der Waals surface area contributed by atoms with Crippen LogP contribution >= 0.6 is 0 Å². The summed E-state index contributed by atoms with van der Waals surface area (Å²) in [6, 6.07) is 6.38. The van der Waals surface area contributed by atoms with Gasteiger partial charge in [-0.05, 0) is 44.5 Å². The van der Waals surface area contributed by atoms with Crippen LogP contribution in [0.15, 0.2) is 24.3 Å². The number of carbonyl (C=O) groups excluding carboxylic acids is 2. The maximum absolute atomic E-state index is 11.9. The first-order chi connectivity index (χ1) is 11.2. The average molecular weight is 355 g/mol. The van der Waals surface area contributed by atoms with Crippen molar-refractivity contribution in [3.8, 4) is 0 Å². The molecule has 7 nitrogen and oxygen atoms in total. The largest absolute Gasteiger partial charge is 0.343 e. The van der Waals surface area contributed by atoms with Gasteiger partial charge in [0.15, 0.2) is 0 Å². The van der Waals surface area contributed by atoms with Gasteiger partial charge in [-0.2, -0.15) is 0 Å². The maximum atomic E-state index is 11.9. The fourth-order valence-electron chi connectivity index (χ4n) is 2.19. The predicted octanol–water partition coefficient (Wildman–Crippen LogP) is 2.04. The highest BCUT2D eigenvalue weighted by Gasteiger charge is 2.10. The molecule has 0 saturated heterocycles. The molecular formula is C16H25N3O4S. The van der Waals surface area contributed by atoms with Crippen molar-refractivity contribution in [3.05, 3.63) is 24.3 Å². The third-order valence-electron chi connectivity index (χ3n) is 3.38. The van der Waals surface area contributed by atoms with Crippen LogP contribution in [-0.2, 0) is 19.6 Å². The number of carbonyl (C=O) groups is 2. The Kier molecular flexibility index (Phi) is 7.70. The van der Waals surface area contributed by atoms with Crippen LogP contribution in [0, 0.1) is 0 Å². The topological polar surface area (TPSA) is 95.6 Å². The van der Waals surface area contributed by atoms with Crippen LogP contribution in [0.5, 0.6) is 0 Å². The Hall–Kier alpha value is -2.09. The zero-order valence-electron chi connectivity index (χ0n) is 14.3. The smallest absolute Gasteiger partial charge is 0.229 e. The second-order valence-corrected chi connectivity index (χ2v) is 7.17. The van der Waals surface area contributed by atoms with Gasteiger partial charge in [-0.1, -0.05) is 0 Å². The van der Waals surface area contributed by atoms with Gasteiger partial charge < -0.3 is 10.2 Å². The Morgan fingerprint density at radius 2 is 1.54 bits per heavy atom. The summed E-state index contributed by atoms with van der Waals surface area (Å²) in [5, 5.41) is 2.72. The van der Waals surface area contributed by atoms with Gasteiger partial charge in [0.2, 0.25) is 21.8 Å². The monoisotopic (exact) mass is 355 g/mol. The number of sulfonamides is 1. The van der Waals surface area contributed by atoms with Crippen LogP contribution in [-0.4, -0.2) is 44.5 Å². The standard InChI is InChI=1S/C16H25N3O4S/c1-4-19(5-2)16(21)8-6-7-15(20)17-13-9-11-14(12-10-13)18-24(3,22)23/h9-12,18H,4-8H2,1-3H3,(H,17,20). The molecule has 24 heavy (non-hydrogen) atoms. The summed E-state index contributed by atoms with van der Waals surface area (Å²) in [5.74, 6) is -0.116. The van der Waals surface area contributed by atoms with Gasteiger partial charge in [0.1, 0.15) is 0 Å². The Balaban J connectivity index is 2.41. The van der Waals surface area contributed by atoms with Crippen LogP contribution in [0.2, 0.25) is 0 Å². The molecular weight excluding hydrogens is 330 g/mol. The number of amides is 2. The minimum absolute atomic E-state index is 0.0593. The van der Waals surface area contributed by atoms with E-state index in [-0.39, 0.29) is 18.2 Å². The van der Waals surface area contributed by atoms with Gasteiger partial charge in [-0.15, -0.1) is 0 Å². The molecule has 8 heteroatoms. The molecule has 2 amide bonds. The number of nitrogens with one attached hydrogen (secondary N) is 2. The molecule has 0 spiro atoms. The molecule has 0 aromatic heterocycles. The van der Waals surface area contributed by atoms with E-state index in [2.05, 4.69) is 10.0 Å². The normalized spacial score (nSPS) is 11.0. The van der Waals surface area contributed by atoms with Gasteiger partial charge in [0.25, 0.3) is 0 Å². The van der Waals surface area contributed by atoms with Crippen molar-refractivity contribution in [3.63, 3.8) is 0 Å². The summed E-state index contributed by atoms with van der Waals surface area (Å²) < 4.78 is 24.6. The molecule has 0 aliphatic rings. The molecule has 0 saturated carbocycles. The first kappa shape index (κ1) is 20.0. The van der Waals surface area contributed by atoms with Crippen LogP contribution in [0.25, 0.3) is 0 Å². The van der Waals surface area contributed by atoms with Crippen LogP contribution in [0.3, 0.4) is 0 Å². The summed E-state index contributed by atoms with van der Waals surface area (Å²) in [6.07, 6.45) is 2.18. The summed E-state index contributed by atoms with van der Waals surface area (Å²) in [4.78, 5) is 25.4. The van der Waals surface area contributed by atoms with Crippen molar-refractivity contribution in [2.24, 2.45) is 0 Å². The highest BCUT2D eigenvalue weighted by Crippen LogP contribution is 2.15. The van der Waals surface area contributed by atoms with Crippen LogP contribution < -0.4 is 10.0 Å². The Morgan fingerprint density at radius 3 is 2.04 bits per heavy atom. The summed E-state index contributed by atoms with van der Waals surface area (Å²) in [6.45, 7) is 5.21. The highest BCUT2D eigenvalue weighted by molar-refractivity contribution is 7.92. The minimum atomic E-state index is -3.32. The lowest BCUT2D eigenvalue weighted by atomic mass is 10.2. The molecule has 0 radical (unpaired) electrons. The minimum Gasteiger partial charge on any atom is -0.343 e. The van der Waals surface area contributed by atoms with Gasteiger partial charge in [-0.25, -0.2) is 8.42 Å². The molecule has 1 rings (SSSR count). The second kappa shape index (κ2) is 9.27. The number of hydrogen-bond donors (Lipinski definition) is 2. The molecule has 0 bridgehead atoms. The van der Waals surface area contributed by atoms with Crippen molar-refractivity contribution >= 4 is 33.2 Å². The molecule has 134 valence electrons. The van der Waals surface area contributed by atoms with Crippen molar-refractivity contribution in [1.29, 1.82) is 0 Å². The SMILES string of the molecule is CCN(CC)C(=O)CCCC(=O)Nc1ccc(NS(C)(=O)=O)cc1. The van der Waals surface area contributed by atoms with E-state index < -0.39 is 10.0 Å². The van der Waals surface area contributed by atoms with Crippen molar-refractivity contribution in [2.75, 3.05) is 29.4 Å². The van der Waals surface area contributed by atoms with Gasteiger partial charge >= 0.3 is 0 Å². The molecule has 0 atom stereocenters. The molecule has 2 N–H and O–H groups in total. The molecule has 1 aromatic carbocycles. The van der Waals surface area contributed by atoms with E-state index in [0.717, 1.165) is 6.26 Å². The van der Waals surface area contributed by atoms with Gasteiger partial charge in [0, 0.05) is 37.3 Å². The third-order valence-corrected chi connectivity index (χ3v) is 3.99. The van der Waals surface area contributed by atoms with E-state index in [1.165, 1.54) is 0 Å². The lowest BCUT2D eigenvalue weighted by Gasteiger charge is -2.18. The zero-order valence-corrected chi connectivity index (χ0v) is 15.1. The summed E-state index contributed by atoms with van der Waals surface area (Å²) in [7, 11) is -3.32. The van der Waals surface area contributed by atoms with Crippen molar-refractivity contribution in [1.82, 2.24) is 4.90 Å². The molecule has 0 aliphatic heterocycles. The molecule has 0 fully saturated rings. The van der Waals surface area contributed by atoms with E-state index in [1.807, 2.05) is 13.8 Å². The quantitative estimate of drug-likeness (QED) is 0.708. The predicted molar refractivity (Wildman–Crippen MR) is 95.3 cm³/mol. The Morgan fingerprint density at radius 1 is 1.00 bits per heavy atom. The molecule has 1 aromatic rings. The number of rotatable bonds is 9. The number of nitrogens with zero attached hydrogens (tertiary/aromatic N) is 1. The lowest BCUT2D eigenvalue weighted by Crippen LogP contribution is -2.30. The van der Waals surface area contributed by atoms with Crippen LogP contribution in [0.4, 0.5) is 11.4 Å². The van der Waals surface area contributed by atoms with Crippen LogP contribution in [0.1, 0.15) is 33.1 Å². The first-order valence-electron chi connectivity index (χ1n) is 7.90. The van der Waals surface area contributed by atoms with E-state index in [1.54, 1.807) is 29.2 Å². The number of benzene rings is 1. The fourth-order valence-corrected chi connectivity index (χ4v) is 2.76. The third kappa shape index (κ3) is 7.45. The summed E-state index contributed by atoms with van der Waals surface area (Å²) in [5.41, 5.74) is 1.01. The maximum Gasteiger partial charge on any atom is 0.229 e. The molecule has 0 unspecified atom stereocenters. The van der Waals surface area contributed by atoms with Gasteiger partial charge in [0.05, 0.1) is 6.26 Å². The van der Waals surface area contributed by atoms with E-state index in [4.69, 9.17) is 0 Å². The lowest BCUT2D eigenvalue weighted by molar-refractivity contribution is -0.130. The molecule has 0 heterocycles. The van der Waals surface area contributed by atoms with Crippen molar-refractivity contribution < 1.29 is 18.0 Å². The first-order valence-corrected chi connectivity index (χ1v) is 9.79. The summed E-state index contributed by atoms with van der Waals surface area (Å²) >= 11 is 0. The highest BCUT2D eigenvalue weighted by atomic mass is 32.2.